The Balaban J connectivity index is 0.00000312. The van der Waals surface area contributed by atoms with E-state index in [9.17, 15) is 4.79 Å². The third kappa shape index (κ3) is 5.40. The third-order valence-corrected chi connectivity index (χ3v) is 4.52. The molecule has 142 valence electrons. The fraction of sp³-hybridized carbons (Fsp3) is 0.611. The number of nitrogens with one attached hydrogen (secondary N) is 1. The van der Waals surface area contributed by atoms with Crippen molar-refractivity contribution in [1.29, 1.82) is 0 Å². The van der Waals surface area contributed by atoms with Gasteiger partial charge in [-0.2, -0.15) is 0 Å². The number of hydrogen-bond acceptors (Lipinski definition) is 4. The number of halogens is 2. The Morgan fingerprint density at radius 1 is 1.32 bits per heavy atom. The summed E-state index contributed by atoms with van der Waals surface area (Å²) in [4.78, 5) is 15.1. The van der Waals surface area contributed by atoms with Gasteiger partial charge in [0.25, 0.3) is 5.91 Å². The number of carbonyl (C=O) groups is 1. The van der Waals surface area contributed by atoms with Crippen LogP contribution in [0.1, 0.15) is 43.5 Å². The minimum Gasteiger partial charge on any atom is -0.493 e. The second-order valence-corrected chi connectivity index (χ2v) is 6.31. The molecule has 0 aliphatic carbocycles. The average molecular weight is 391 g/mol. The van der Waals surface area contributed by atoms with Gasteiger partial charge >= 0.3 is 0 Å². The Morgan fingerprint density at radius 2 is 2.00 bits per heavy atom. The van der Waals surface area contributed by atoms with Gasteiger partial charge in [0.2, 0.25) is 0 Å². The van der Waals surface area contributed by atoms with Gasteiger partial charge in [-0.1, -0.05) is 18.5 Å². The summed E-state index contributed by atoms with van der Waals surface area (Å²) < 4.78 is 10.9. The molecule has 0 unspecified atom stereocenters. The number of nitrogens with zero attached hydrogens (tertiary/aromatic N) is 1. The van der Waals surface area contributed by atoms with Gasteiger partial charge in [0.05, 0.1) is 18.7 Å². The van der Waals surface area contributed by atoms with Crippen molar-refractivity contribution in [1.82, 2.24) is 10.2 Å². The van der Waals surface area contributed by atoms with E-state index in [4.69, 9.17) is 21.1 Å². The molecule has 0 atom stereocenters. The quantitative estimate of drug-likeness (QED) is 0.769. The Bertz CT molecular complexity index is 563. The first-order chi connectivity index (χ1) is 11.6. The predicted octanol–water partition coefficient (Wildman–Crippen LogP) is 3.77. The van der Waals surface area contributed by atoms with Gasteiger partial charge in [0, 0.05) is 18.2 Å². The van der Waals surface area contributed by atoms with Crippen LogP contribution in [0.15, 0.2) is 12.1 Å². The highest BCUT2D eigenvalue weighted by Gasteiger charge is 2.27. The van der Waals surface area contributed by atoms with Crippen molar-refractivity contribution in [2.24, 2.45) is 0 Å². The molecular formula is C18H28Cl2N2O3. The van der Waals surface area contributed by atoms with E-state index < -0.39 is 0 Å². The van der Waals surface area contributed by atoms with E-state index in [2.05, 4.69) is 12.2 Å². The summed E-state index contributed by atoms with van der Waals surface area (Å²) in [6.45, 7) is 7.11. The smallest absolute Gasteiger partial charge is 0.254 e. The van der Waals surface area contributed by atoms with E-state index in [1.54, 1.807) is 19.2 Å². The lowest BCUT2D eigenvalue weighted by Gasteiger charge is -2.34. The summed E-state index contributed by atoms with van der Waals surface area (Å²) >= 11 is 6.32. The van der Waals surface area contributed by atoms with Gasteiger partial charge in [-0.25, -0.2) is 0 Å². The van der Waals surface area contributed by atoms with Crippen molar-refractivity contribution in [2.75, 3.05) is 33.4 Å². The van der Waals surface area contributed by atoms with Crippen LogP contribution in [0.5, 0.6) is 11.5 Å². The third-order valence-electron chi connectivity index (χ3n) is 4.24. The van der Waals surface area contributed by atoms with Crippen molar-refractivity contribution < 1.29 is 14.3 Å². The molecule has 25 heavy (non-hydrogen) atoms. The number of amides is 1. The Morgan fingerprint density at radius 3 is 2.56 bits per heavy atom. The number of benzene rings is 1. The first kappa shape index (κ1) is 21.9. The van der Waals surface area contributed by atoms with Crippen molar-refractivity contribution in [3.05, 3.63) is 22.7 Å². The molecule has 1 N–H and O–H groups in total. The molecule has 0 aromatic heterocycles. The van der Waals surface area contributed by atoms with Crippen LogP contribution < -0.4 is 14.8 Å². The molecule has 1 aromatic rings. The summed E-state index contributed by atoms with van der Waals surface area (Å²) in [5, 5.41) is 3.75. The normalized spacial score (nSPS) is 14.6. The largest absolute Gasteiger partial charge is 0.493 e. The minimum atomic E-state index is 0. The zero-order valence-electron chi connectivity index (χ0n) is 15.1. The average Bonchev–Trinajstić information content (AvgIpc) is 2.61. The fourth-order valence-corrected chi connectivity index (χ4v) is 3.37. The lowest BCUT2D eigenvalue weighted by Crippen LogP contribution is -2.46. The number of hydrogen-bond donors (Lipinski definition) is 1. The molecule has 0 bridgehead atoms. The zero-order chi connectivity index (χ0) is 17.5. The molecule has 2 rings (SSSR count). The van der Waals surface area contributed by atoms with Gasteiger partial charge in [0.15, 0.2) is 11.5 Å². The molecule has 1 aliphatic heterocycles. The molecule has 1 heterocycles. The van der Waals surface area contributed by atoms with Crippen LogP contribution >= 0.6 is 24.0 Å². The van der Waals surface area contributed by atoms with Crippen LogP contribution in [0.3, 0.4) is 0 Å². The van der Waals surface area contributed by atoms with Crippen molar-refractivity contribution >= 4 is 29.9 Å². The predicted molar refractivity (Wildman–Crippen MR) is 104 cm³/mol. The highest BCUT2D eigenvalue weighted by atomic mass is 35.5. The number of ether oxygens (including phenoxy) is 2. The molecular weight excluding hydrogens is 363 g/mol. The summed E-state index contributed by atoms with van der Waals surface area (Å²) in [6.07, 6.45) is 2.89. The van der Waals surface area contributed by atoms with Crippen molar-refractivity contribution in [3.8, 4) is 11.5 Å². The van der Waals surface area contributed by atoms with Gasteiger partial charge in [-0.05, 0) is 51.4 Å². The Kier molecular flexibility index (Phi) is 9.39. The maximum Gasteiger partial charge on any atom is 0.254 e. The van der Waals surface area contributed by atoms with E-state index in [1.807, 2.05) is 11.8 Å². The maximum atomic E-state index is 13.1. The van der Waals surface area contributed by atoms with E-state index >= 15 is 0 Å². The van der Waals surface area contributed by atoms with Crippen LogP contribution in [0.4, 0.5) is 0 Å². The molecule has 7 heteroatoms. The van der Waals surface area contributed by atoms with E-state index in [0.717, 1.165) is 38.9 Å². The molecule has 1 saturated heterocycles. The van der Waals surface area contributed by atoms with Crippen LogP contribution in [-0.2, 0) is 0 Å². The molecule has 1 fully saturated rings. The zero-order valence-corrected chi connectivity index (χ0v) is 16.7. The monoisotopic (exact) mass is 390 g/mol. The summed E-state index contributed by atoms with van der Waals surface area (Å²) in [6, 6.07) is 3.68. The van der Waals surface area contributed by atoms with Crippen molar-refractivity contribution in [2.45, 2.75) is 39.2 Å². The Hall–Kier alpha value is -1.17. The van der Waals surface area contributed by atoms with E-state index in [-0.39, 0.29) is 24.4 Å². The molecule has 1 aliphatic rings. The first-order valence-electron chi connectivity index (χ1n) is 8.64. The lowest BCUT2D eigenvalue weighted by atomic mass is 10.0. The number of methoxy groups -OCH3 is 1. The molecule has 1 amide bonds. The van der Waals surface area contributed by atoms with Gasteiger partial charge < -0.3 is 19.7 Å². The highest BCUT2D eigenvalue weighted by molar-refractivity contribution is 6.32. The second kappa shape index (κ2) is 10.7. The summed E-state index contributed by atoms with van der Waals surface area (Å²) in [5.41, 5.74) is 0.548. The molecule has 0 radical (unpaired) electrons. The van der Waals surface area contributed by atoms with Crippen LogP contribution in [0.25, 0.3) is 0 Å². The molecule has 0 saturated carbocycles. The summed E-state index contributed by atoms with van der Waals surface area (Å²) in [5.74, 6) is 0.989. The van der Waals surface area contributed by atoms with Crippen LogP contribution in [-0.4, -0.2) is 50.2 Å². The minimum absolute atomic E-state index is 0. The standard InChI is InChI=1S/C18H27ClN2O3.ClH/c1-4-10-21(14-6-8-20-9-7-14)18(22)13-11-15(19)17(24-5-2)16(12-13)23-3;/h11-12,14,20H,4-10H2,1-3H3;1H. The Labute approximate surface area is 161 Å². The van der Waals surface area contributed by atoms with Crippen LogP contribution in [0, 0.1) is 0 Å². The van der Waals surface area contributed by atoms with Gasteiger partial charge in [-0.3, -0.25) is 4.79 Å². The lowest BCUT2D eigenvalue weighted by molar-refractivity contribution is 0.0642. The molecule has 5 nitrogen and oxygen atoms in total. The van der Waals surface area contributed by atoms with E-state index in [0.29, 0.717) is 28.7 Å². The highest BCUT2D eigenvalue weighted by Crippen LogP contribution is 2.37. The van der Waals surface area contributed by atoms with E-state index in [1.165, 1.54) is 0 Å². The first-order valence-corrected chi connectivity index (χ1v) is 9.02. The second-order valence-electron chi connectivity index (χ2n) is 5.90. The number of piperidine rings is 1. The topological polar surface area (TPSA) is 50.8 Å². The molecule has 1 aromatic carbocycles. The number of rotatable bonds is 7. The van der Waals surface area contributed by atoms with Crippen molar-refractivity contribution in [3.63, 3.8) is 0 Å². The van der Waals surface area contributed by atoms with Gasteiger partial charge in [-0.15, -0.1) is 12.4 Å². The fourth-order valence-electron chi connectivity index (χ4n) is 3.10. The maximum absolute atomic E-state index is 13.1. The number of carbonyl (C=O) groups excluding carboxylic acids is 1. The van der Waals surface area contributed by atoms with Gasteiger partial charge in [0.1, 0.15) is 0 Å². The molecule has 0 spiro atoms. The van der Waals surface area contributed by atoms with Crippen LogP contribution in [0.2, 0.25) is 5.02 Å². The SMILES string of the molecule is CCCN(C(=O)c1cc(Cl)c(OCC)c(OC)c1)C1CCNCC1.Cl. The summed E-state index contributed by atoms with van der Waals surface area (Å²) in [7, 11) is 1.55.